The molecular weight excluding hydrogens is 420 g/mol. The van der Waals surface area contributed by atoms with Gasteiger partial charge in [-0.25, -0.2) is 4.79 Å². The maximum absolute atomic E-state index is 13.0. The van der Waals surface area contributed by atoms with Crippen LogP contribution in [0.3, 0.4) is 0 Å². The molecule has 31 heavy (non-hydrogen) atoms. The van der Waals surface area contributed by atoms with E-state index in [4.69, 9.17) is 25.9 Å². The predicted octanol–water partition coefficient (Wildman–Crippen LogP) is 3.36. The molecule has 0 aliphatic carbocycles. The summed E-state index contributed by atoms with van der Waals surface area (Å²) in [6, 6.07) is 7.60. The monoisotopic (exact) mass is 446 g/mol. The third kappa shape index (κ3) is 5.54. The minimum Gasteiger partial charge on any atom is -0.481 e. The molecule has 1 unspecified atom stereocenters. The van der Waals surface area contributed by atoms with Crippen LogP contribution in [0.2, 0.25) is 5.02 Å². The summed E-state index contributed by atoms with van der Waals surface area (Å²) >= 11 is 6.25. The van der Waals surface area contributed by atoms with Gasteiger partial charge in [0, 0.05) is 37.5 Å². The summed E-state index contributed by atoms with van der Waals surface area (Å²) in [5.41, 5.74) is 2.43. The normalized spacial score (nSPS) is 17.9. The highest BCUT2D eigenvalue weighted by molar-refractivity contribution is 6.31. The van der Waals surface area contributed by atoms with E-state index in [0.717, 1.165) is 49.0 Å². The van der Waals surface area contributed by atoms with Gasteiger partial charge in [0.25, 0.3) is 11.9 Å². The molecule has 2 aliphatic heterocycles. The number of nitrogens with one attached hydrogen (secondary N) is 1. The van der Waals surface area contributed by atoms with Crippen LogP contribution >= 0.6 is 11.6 Å². The maximum Gasteiger partial charge on any atom is 0.349 e. The molecular formula is C23H27ClN2O5. The van der Waals surface area contributed by atoms with Gasteiger partial charge in [-0.1, -0.05) is 23.7 Å². The van der Waals surface area contributed by atoms with Crippen LogP contribution in [0.15, 0.2) is 33.5 Å². The lowest BCUT2D eigenvalue weighted by atomic mass is 9.95. The number of hydrogen-bond acceptors (Lipinski definition) is 5. The molecule has 1 saturated heterocycles. The smallest absolute Gasteiger partial charge is 0.349 e. The number of rotatable bonds is 2. The van der Waals surface area contributed by atoms with Crippen molar-refractivity contribution in [3.63, 3.8) is 0 Å². The van der Waals surface area contributed by atoms with Crippen LogP contribution in [0.1, 0.15) is 58.5 Å². The van der Waals surface area contributed by atoms with E-state index in [1.54, 1.807) is 4.90 Å². The van der Waals surface area contributed by atoms with Crippen LogP contribution in [0.5, 0.6) is 0 Å². The van der Waals surface area contributed by atoms with Crippen molar-refractivity contribution in [3.8, 4) is 0 Å². The zero-order chi connectivity index (χ0) is 22.5. The molecule has 2 aromatic rings. The van der Waals surface area contributed by atoms with Gasteiger partial charge in [0.1, 0.15) is 11.3 Å². The number of fused-ring (bicyclic) bond motifs is 1. The number of carbonyl (C=O) groups excluding carboxylic acids is 1. The molecule has 1 amide bonds. The second-order valence-corrected chi connectivity index (χ2v) is 8.32. The lowest BCUT2D eigenvalue weighted by Crippen LogP contribution is -2.39. The number of carboxylic acids is 1. The first-order valence-electron chi connectivity index (χ1n) is 10.4. The van der Waals surface area contributed by atoms with Gasteiger partial charge in [0.2, 0.25) is 0 Å². The Balaban J connectivity index is 0.000000628. The highest BCUT2D eigenvalue weighted by atomic mass is 35.5. The van der Waals surface area contributed by atoms with Crippen molar-refractivity contribution in [1.29, 1.82) is 0 Å². The number of hydrogen-bond donors (Lipinski definition) is 2. The van der Waals surface area contributed by atoms with E-state index in [9.17, 15) is 9.59 Å². The van der Waals surface area contributed by atoms with Crippen LogP contribution in [0.4, 0.5) is 0 Å². The topological polar surface area (TPSA) is 99.8 Å². The molecule has 0 radical (unpaired) electrons. The summed E-state index contributed by atoms with van der Waals surface area (Å²) in [6.45, 7) is 5.71. The fourth-order valence-corrected chi connectivity index (χ4v) is 4.37. The summed E-state index contributed by atoms with van der Waals surface area (Å²) in [5, 5.41) is 11.5. The lowest BCUT2D eigenvalue weighted by molar-refractivity contribution is -0.134. The quantitative estimate of drug-likeness (QED) is 0.733. The van der Waals surface area contributed by atoms with Crippen molar-refractivity contribution >= 4 is 23.5 Å². The highest BCUT2D eigenvalue weighted by Gasteiger charge is 2.28. The summed E-state index contributed by atoms with van der Waals surface area (Å²) < 4.78 is 5.57. The van der Waals surface area contributed by atoms with Crippen molar-refractivity contribution in [2.45, 2.75) is 45.6 Å². The second-order valence-electron chi connectivity index (χ2n) is 7.91. The average Bonchev–Trinajstić information content (AvgIpc) is 2.73. The third-order valence-electron chi connectivity index (χ3n) is 5.58. The van der Waals surface area contributed by atoms with E-state index in [1.165, 1.54) is 0 Å². The number of piperidine rings is 1. The first kappa shape index (κ1) is 23.0. The number of nitrogens with zero attached hydrogens (tertiary/aromatic N) is 1. The standard InChI is InChI=1S/C21H23ClN2O3.C2H4O2/c1-13-10-18(14-5-3-8-23-11-14)27-21(26)19(13)20(25)24-9-7-16-15(12-24)4-2-6-17(16)22;1-2(3)4/h2,4,6,10,14,23H,3,5,7-9,11-12H2,1H3;1H3,(H,3,4). The number of amides is 1. The van der Waals surface area contributed by atoms with Crippen molar-refractivity contribution in [2.24, 2.45) is 0 Å². The number of carboxylic acid groups (broad SMARTS) is 1. The Morgan fingerprint density at radius 3 is 2.71 bits per heavy atom. The molecule has 0 spiro atoms. The van der Waals surface area contributed by atoms with Gasteiger partial charge in [-0.15, -0.1) is 0 Å². The molecule has 3 heterocycles. The second kappa shape index (κ2) is 10.1. The molecule has 1 atom stereocenters. The Labute approximate surface area is 186 Å². The van der Waals surface area contributed by atoms with Crippen LogP contribution in [-0.4, -0.2) is 41.5 Å². The van der Waals surface area contributed by atoms with E-state index in [-0.39, 0.29) is 17.4 Å². The molecule has 8 heteroatoms. The Morgan fingerprint density at radius 2 is 2.06 bits per heavy atom. The van der Waals surface area contributed by atoms with E-state index >= 15 is 0 Å². The SMILES string of the molecule is CC(=O)O.Cc1cc(C2CCCNC2)oc(=O)c1C(=O)N1CCc2c(Cl)cccc2C1. The fourth-order valence-electron chi connectivity index (χ4n) is 4.08. The number of benzene rings is 1. The van der Waals surface area contributed by atoms with Crippen LogP contribution in [-0.2, 0) is 17.8 Å². The van der Waals surface area contributed by atoms with E-state index in [2.05, 4.69) is 5.32 Å². The van der Waals surface area contributed by atoms with Crippen molar-refractivity contribution in [3.05, 3.63) is 67.7 Å². The van der Waals surface area contributed by atoms with Crippen LogP contribution in [0, 0.1) is 6.92 Å². The van der Waals surface area contributed by atoms with Crippen molar-refractivity contribution in [1.82, 2.24) is 10.2 Å². The molecule has 1 aromatic carbocycles. The predicted molar refractivity (Wildman–Crippen MR) is 118 cm³/mol. The summed E-state index contributed by atoms with van der Waals surface area (Å²) in [5.74, 6) is -0.226. The van der Waals surface area contributed by atoms with Gasteiger partial charge < -0.3 is 19.7 Å². The van der Waals surface area contributed by atoms with E-state index < -0.39 is 11.6 Å². The van der Waals surface area contributed by atoms with Crippen LogP contribution in [0.25, 0.3) is 0 Å². The molecule has 1 aromatic heterocycles. The zero-order valence-electron chi connectivity index (χ0n) is 17.7. The molecule has 7 nitrogen and oxygen atoms in total. The van der Waals surface area contributed by atoms with Crippen LogP contribution < -0.4 is 10.9 Å². The van der Waals surface area contributed by atoms with Gasteiger partial charge in [-0.05, 0) is 61.6 Å². The summed E-state index contributed by atoms with van der Waals surface area (Å²) in [6.07, 6.45) is 2.74. The van der Waals surface area contributed by atoms with Gasteiger partial charge in [-0.2, -0.15) is 0 Å². The first-order valence-corrected chi connectivity index (χ1v) is 10.8. The molecule has 1 fully saturated rings. The van der Waals surface area contributed by atoms with E-state index in [0.29, 0.717) is 30.8 Å². The minimum atomic E-state index is -0.833. The maximum atomic E-state index is 13.0. The van der Waals surface area contributed by atoms with Gasteiger partial charge in [0.15, 0.2) is 0 Å². The molecule has 0 saturated carbocycles. The van der Waals surface area contributed by atoms with Gasteiger partial charge in [0.05, 0.1) is 0 Å². The van der Waals surface area contributed by atoms with Gasteiger partial charge in [-0.3, -0.25) is 9.59 Å². The lowest BCUT2D eigenvalue weighted by Gasteiger charge is -2.29. The first-order chi connectivity index (χ1) is 14.8. The summed E-state index contributed by atoms with van der Waals surface area (Å²) in [4.78, 5) is 36.4. The largest absolute Gasteiger partial charge is 0.481 e. The minimum absolute atomic E-state index is 0.146. The fraction of sp³-hybridized carbons (Fsp3) is 0.435. The highest BCUT2D eigenvalue weighted by Crippen LogP contribution is 2.28. The number of carbonyl (C=O) groups is 2. The Bertz CT molecular complexity index is 1020. The molecule has 166 valence electrons. The molecule has 2 N–H and O–H groups in total. The number of halogens is 1. The van der Waals surface area contributed by atoms with E-state index in [1.807, 2.05) is 31.2 Å². The zero-order valence-corrected chi connectivity index (χ0v) is 18.5. The molecule has 4 rings (SSSR count). The summed E-state index contributed by atoms with van der Waals surface area (Å²) in [7, 11) is 0. The average molecular weight is 447 g/mol. The Morgan fingerprint density at radius 1 is 1.32 bits per heavy atom. The third-order valence-corrected chi connectivity index (χ3v) is 5.93. The van der Waals surface area contributed by atoms with Crippen molar-refractivity contribution in [2.75, 3.05) is 19.6 Å². The number of aliphatic carboxylic acids is 1. The molecule has 0 bridgehead atoms. The Hall–Kier alpha value is -2.64. The molecule has 2 aliphatic rings. The van der Waals surface area contributed by atoms with Gasteiger partial charge >= 0.3 is 5.63 Å². The Kier molecular flexibility index (Phi) is 7.51. The number of aryl methyl sites for hydroxylation is 1. The van der Waals surface area contributed by atoms with Crippen molar-refractivity contribution < 1.29 is 19.1 Å².